The molecule has 3 N–H and O–H groups in total. The Morgan fingerprint density at radius 3 is 2.52 bits per heavy atom. The van der Waals surface area contributed by atoms with E-state index in [0.717, 1.165) is 11.2 Å². The van der Waals surface area contributed by atoms with Crippen LogP contribution in [0.5, 0.6) is 0 Å². The van der Waals surface area contributed by atoms with Crippen molar-refractivity contribution in [3.05, 3.63) is 33.9 Å². The zero-order valence-corrected chi connectivity index (χ0v) is 18.9. The van der Waals surface area contributed by atoms with Gasteiger partial charge in [0.25, 0.3) is 5.91 Å². The number of aliphatic carboxylic acids is 1. The molecule has 2 aromatic rings. The fraction of sp³-hybridized carbons (Fsp3) is 0.389. The number of nitrogens with zero attached hydrogens (tertiary/aromatic N) is 2. The summed E-state index contributed by atoms with van der Waals surface area (Å²) in [5.41, 5.74) is 0.919. The highest BCUT2D eigenvalue weighted by atomic mass is 35.5. The van der Waals surface area contributed by atoms with Crippen LogP contribution >= 0.6 is 23.2 Å². The van der Waals surface area contributed by atoms with E-state index < -0.39 is 40.0 Å². The fourth-order valence-electron chi connectivity index (χ4n) is 3.62. The van der Waals surface area contributed by atoms with Crippen molar-refractivity contribution >= 4 is 62.1 Å². The monoisotopic (exact) mass is 490 g/mol. The summed E-state index contributed by atoms with van der Waals surface area (Å²) in [7, 11) is -2.49. The summed E-state index contributed by atoms with van der Waals surface area (Å²) in [5, 5.41) is 13.5. The zero-order chi connectivity index (χ0) is 23.1. The quantitative estimate of drug-likeness (QED) is 0.578. The first-order valence-electron chi connectivity index (χ1n) is 9.18. The van der Waals surface area contributed by atoms with Gasteiger partial charge in [-0.1, -0.05) is 23.2 Å². The lowest BCUT2D eigenvalue weighted by molar-refractivity contribution is -0.143. The predicted molar refractivity (Wildman–Crippen MR) is 114 cm³/mol. The Morgan fingerprint density at radius 2 is 1.90 bits per heavy atom. The minimum absolute atomic E-state index is 0.0536. The van der Waals surface area contributed by atoms with Crippen molar-refractivity contribution in [1.29, 1.82) is 0 Å². The largest absolute Gasteiger partial charge is 0.481 e. The SMILES string of the molecule is CC(=O)NS(=O)(=O)N1CCC(NC(=O)c2cc3c(Cl)c(Cl)ccc3n2C)C(C(=O)O)C1. The van der Waals surface area contributed by atoms with Crippen LogP contribution < -0.4 is 10.0 Å². The maximum atomic E-state index is 12.9. The van der Waals surface area contributed by atoms with Crippen LogP contribution in [-0.4, -0.2) is 59.3 Å². The highest BCUT2D eigenvalue weighted by Gasteiger charge is 2.40. The van der Waals surface area contributed by atoms with Gasteiger partial charge in [-0.2, -0.15) is 12.7 Å². The van der Waals surface area contributed by atoms with Gasteiger partial charge in [-0.3, -0.25) is 14.4 Å². The molecule has 0 spiro atoms. The molecule has 13 heteroatoms. The molecule has 2 amide bonds. The molecular weight excluding hydrogens is 471 g/mol. The van der Waals surface area contributed by atoms with E-state index in [0.29, 0.717) is 20.9 Å². The Morgan fingerprint density at radius 1 is 1.23 bits per heavy atom. The summed E-state index contributed by atoms with van der Waals surface area (Å²) in [6, 6.07) is 4.07. The molecule has 0 radical (unpaired) electrons. The van der Waals surface area contributed by atoms with Crippen molar-refractivity contribution < 1.29 is 27.9 Å². The second kappa shape index (κ2) is 8.65. The third-order valence-electron chi connectivity index (χ3n) is 5.17. The van der Waals surface area contributed by atoms with E-state index in [4.69, 9.17) is 23.2 Å². The van der Waals surface area contributed by atoms with Crippen LogP contribution in [-0.2, 0) is 26.8 Å². The first kappa shape index (κ1) is 23.3. The molecule has 10 nitrogen and oxygen atoms in total. The number of aromatic nitrogens is 1. The first-order chi connectivity index (χ1) is 14.4. The Balaban J connectivity index is 1.82. The molecule has 1 aromatic carbocycles. The molecule has 1 saturated heterocycles. The molecule has 3 rings (SSSR count). The summed E-state index contributed by atoms with van der Waals surface area (Å²) in [4.78, 5) is 35.8. The minimum atomic E-state index is -4.16. The lowest BCUT2D eigenvalue weighted by Gasteiger charge is -2.35. The van der Waals surface area contributed by atoms with Crippen LogP contribution in [0.4, 0.5) is 0 Å². The Labute approximate surface area is 188 Å². The standard InChI is InChI=1S/C18H20Cl2N4O6S/c1-9(25)22-31(29,30)24-6-5-13(11(8-24)18(27)28)21-17(26)15-7-10-14(23(15)2)4-3-12(19)16(10)20/h3-4,7,11,13H,5-6,8H2,1-2H3,(H,21,26)(H,22,25)(H,27,28). The average molecular weight is 491 g/mol. The van der Waals surface area contributed by atoms with Gasteiger partial charge in [-0.05, 0) is 24.6 Å². The van der Waals surface area contributed by atoms with Gasteiger partial charge in [0.2, 0.25) is 5.91 Å². The Bertz CT molecular complexity index is 1180. The van der Waals surface area contributed by atoms with Gasteiger partial charge in [0, 0.05) is 44.0 Å². The number of carboxylic acid groups (broad SMARTS) is 1. The maximum absolute atomic E-state index is 12.9. The summed E-state index contributed by atoms with van der Waals surface area (Å²) >= 11 is 12.3. The minimum Gasteiger partial charge on any atom is -0.481 e. The van der Waals surface area contributed by atoms with Gasteiger partial charge < -0.3 is 15.0 Å². The van der Waals surface area contributed by atoms with E-state index in [-0.39, 0.29) is 25.2 Å². The van der Waals surface area contributed by atoms with E-state index in [2.05, 4.69) is 5.32 Å². The molecule has 31 heavy (non-hydrogen) atoms. The molecule has 2 atom stereocenters. The number of carboxylic acids is 1. The van der Waals surface area contributed by atoms with Gasteiger partial charge in [-0.15, -0.1) is 0 Å². The predicted octanol–water partition coefficient (Wildman–Crippen LogP) is 1.37. The number of carbonyl (C=O) groups is 3. The molecule has 1 fully saturated rings. The molecule has 168 valence electrons. The third-order valence-corrected chi connectivity index (χ3v) is 7.54. The number of rotatable bonds is 5. The summed E-state index contributed by atoms with van der Waals surface area (Å²) < 4.78 is 28.7. The molecule has 1 aromatic heterocycles. The van der Waals surface area contributed by atoms with Crippen LogP contribution in [0.25, 0.3) is 10.9 Å². The molecular formula is C18H20Cl2N4O6S. The number of benzene rings is 1. The Hall–Kier alpha value is -2.34. The number of amides is 2. The fourth-order valence-corrected chi connectivity index (χ4v) is 5.19. The van der Waals surface area contributed by atoms with Gasteiger partial charge in [0.05, 0.1) is 16.0 Å². The molecule has 0 saturated carbocycles. The first-order valence-corrected chi connectivity index (χ1v) is 11.4. The number of carbonyl (C=O) groups excluding carboxylic acids is 2. The number of hydrogen-bond acceptors (Lipinski definition) is 5. The van der Waals surface area contributed by atoms with E-state index in [9.17, 15) is 27.9 Å². The molecule has 1 aliphatic heterocycles. The number of nitrogens with one attached hydrogen (secondary N) is 2. The van der Waals surface area contributed by atoms with Crippen molar-refractivity contribution in [3.8, 4) is 0 Å². The molecule has 0 bridgehead atoms. The maximum Gasteiger partial charge on any atom is 0.309 e. The molecule has 2 heterocycles. The summed E-state index contributed by atoms with van der Waals surface area (Å²) in [6.07, 6.45) is 0.0536. The van der Waals surface area contributed by atoms with Crippen molar-refractivity contribution in [1.82, 2.24) is 18.9 Å². The van der Waals surface area contributed by atoms with E-state index in [1.165, 1.54) is 0 Å². The second-order valence-corrected chi connectivity index (χ2v) is 9.67. The summed E-state index contributed by atoms with van der Waals surface area (Å²) in [5.74, 6) is -3.77. The smallest absolute Gasteiger partial charge is 0.309 e. The van der Waals surface area contributed by atoms with Gasteiger partial charge in [0.15, 0.2) is 0 Å². The number of aryl methyl sites for hydroxylation is 1. The van der Waals surface area contributed by atoms with Crippen molar-refractivity contribution in [2.24, 2.45) is 13.0 Å². The highest BCUT2D eigenvalue weighted by molar-refractivity contribution is 7.87. The zero-order valence-electron chi connectivity index (χ0n) is 16.6. The van der Waals surface area contributed by atoms with E-state index in [1.807, 2.05) is 4.72 Å². The van der Waals surface area contributed by atoms with Gasteiger partial charge >= 0.3 is 16.2 Å². The van der Waals surface area contributed by atoms with Crippen molar-refractivity contribution in [2.75, 3.05) is 13.1 Å². The Kier molecular flexibility index (Phi) is 6.51. The number of fused-ring (bicyclic) bond motifs is 1. The molecule has 1 aliphatic rings. The van der Waals surface area contributed by atoms with E-state index in [1.54, 1.807) is 29.8 Å². The van der Waals surface area contributed by atoms with E-state index >= 15 is 0 Å². The van der Waals surface area contributed by atoms with Crippen LogP contribution in [0.2, 0.25) is 10.0 Å². The summed E-state index contributed by atoms with van der Waals surface area (Å²) in [6.45, 7) is 0.593. The normalized spacial score (nSPS) is 19.9. The lowest BCUT2D eigenvalue weighted by atomic mass is 9.93. The average Bonchev–Trinajstić information content (AvgIpc) is 3.01. The number of hydrogen-bond donors (Lipinski definition) is 3. The number of halogens is 2. The second-order valence-electron chi connectivity index (χ2n) is 7.22. The van der Waals surface area contributed by atoms with Crippen LogP contribution in [0.3, 0.4) is 0 Å². The molecule has 0 aliphatic carbocycles. The highest BCUT2D eigenvalue weighted by Crippen LogP contribution is 2.32. The molecule has 2 unspecified atom stereocenters. The van der Waals surface area contributed by atoms with Crippen molar-refractivity contribution in [2.45, 2.75) is 19.4 Å². The van der Waals surface area contributed by atoms with Crippen LogP contribution in [0, 0.1) is 5.92 Å². The lowest BCUT2D eigenvalue weighted by Crippen LogP contribution is -2.57. The van der Waals surface area contributed by atoms with Crippen LogP contribution in [0.15, 0.2) is 18.2 Å². The van der Waals surface area contributed by atoms with Crippen molar-refractivity contribution in [3.63, 3.8) is 0 Å². The van der Waals surface area contributed by atoms with Gasteiger partial charge in [0.1, 0.15) is 5.69 Å². The van der Waals surface area contributed by atoms with Gasteiger partial charge in [-0.25, -0.2) is 4.72 Å². The third kappa shape index (κ3) is 4.64. The number of piperidine rings is 1. The topological polar surface area (TPSA) is 138 Å². The van der Waals surface area contributed by atoms with Crippen LogP contribution in [0.1, 0.15) is 23.8 Å².